The first-order valence-corrected chi connectivity index (χ1v) is 5.32. The molecule has 1 aromatic carbocycles. The number of hydrogen-bond donors (Lipinski definition) is 1. The van der Waals surface area contributed by atoms with Crippen LogP contribution in [0, 0.1) is 0 Å². The number of rotatable bonds is 2. The highest BCUT2D eigenvalue weighted by molar-refractivity contribution is 5.81. The van der Waals surface area contributed by atoms with Gasteiger partial charge in [0, 0.05) is 6.20 Å². The van der Waals surface area contributed by atoms with Crippen LogP contribution < -0.4 is 0 Å². The molecule has 82 valence electrons. The molecule has 3 aromatic rings. The summed E-state index contributed by atoms with van der Waals surface area (Å²) in [6, 6.07) is 13.5. The summed E-state index contributed by atoms with van der Waals surface area (Å²) in [4.78, 5) is 15.9. The number of aromatic amines is 1. The van der Waals surface area contributed by atoms with E-state index in [0.29, 0.717) is 5.95 Å². The lowest BCUT2D eigenvalue weighted by Crippen LogP contribution is -1.84. The van der Waals surface area contributed by atoms with Gasteiger partial charge in [0.1, 0.15) is 0 Å². The largest absolute Gasteiger partial charge is 0.322 e. The van der Waals surface area contributed by atoms with Crippen molar-refractivity contribution in [3.05, 3.63) is 54.4 Å². The van der Waals surface area contributed by atoms with Gasteiger partial charge in [-0.1, -0.05) is 18.2 Å². The second-order valence-electron chi connectivity index (χ2n) is 3.59. The number of benzene rings is 1. The minimum Gasteiger partial charge on any atom is -0.322 e. The molecule has 0 radical (unpaired) electrons. The van der Waals surface area contributed by atoms with Crippen LogP contribution in [0.15, 0.2) is 53.7 Å². The van der Waals surface area contributed by atoms with Crippen LogP contribution in [0.4, 0.5) is 5.95 Å². The third kappa shape index (κ3) is 2.06. The van der Waals surface area contributed by atoms with Crippen molar-refractivity contribution in [1.82, 2.24) is 15.0 Å². The molecule has 0 unspecified atom stereocenters. The average Bonchev–Trinajstić information content (AvgIpc) is 2.80. The van der Waals surface area contributed by atoms with Crippen LogP contribution in [0.25, 0.3) is 11.0 Å². The van der Waals surface area contributed by atoms with Gasteiger partial charge in [-0.25, -0.2) is 9.98 Å². The molecule has 0 fully saturated rings. The molecule has 0 saturated carbocycles. The predicted molar refractivity (Wildman–Crippen MR) is 67.6 cm³/mol. The Labute approximate surface area is 98.1 Å². The summed E-state index contributed by atoms with van der Waals surface area (Å²) in [7, 11) is 0. The Hall–Kier alpha value is -2.49. The lowest BCUT2D eigenvalue weighted by Gasteiger charge is -1.88. The molecular formula is C13H10N4. The molecule has 2 heterocycles. The lowest BCUT2D eigenvalue weighted by molar-refractivity contribution is 1.25. The van der Waals surface area contributed by atoms with E-state index in [1.807, 2.05) is 42.5 Å². The van der Waals surface area contributed by atoms with E-state index in [1.54, 1.807) is 12.4 Å². The summed E-state index contributed by atoms with van der Waals surface area (Å²) in [5.41, 5.74) is 2.72. The zero-order valence-electron chi connectivity index (χ0n) is 9.04. The van der Waals surface area contributed by atoms with Crippen molar-refractivity contribution in [1.29, 1.82) is 0 Å². The Morgan fingerprint density at radius 1 is 1.06 bits per heavy atom. The molecule has 1 N–H and O–H groups in total. The molecule has 17 heavy (non-hydrogen) atoms. The molecule has 2 aromatic heterocycles. The Morgan fingerprint density at radius 3 is 2.76 bits per heavy atom. The summed E-state index contributed by atoms with van der Waals surface area (Å²) in [6.45, 7) is 0. The quantitative estimate of drug-likeness (QED) is 0.678. The van der Waals surface area contributed by atoms with E-state index < -0.39 is 0 Å². The minimum atomic E-state index is 0.594. The van der Waals surface area contributed by atoms with Gasteiger partial charge in [0.05, 0.1) is 22.9 Å². The number of aliphatic imine (C=N–C) groups is 1. The van der Waals surface area contributed by atoms with Crippen LogP contribution in [-0.4, -0.2) is 21.2 Å². The fourth-order valence-corrected chi connectivity index (χ4v) is 1.58. The van der Waals surface area contributed by atoms with Crippen molar-refractivity contribution < 1.29 is 0 Å². The van der Waals surface area contributed by atoms with Crippen LogP contribution in [0.2, 0.25) is 0 Å². The number of para-hydroxylation sites is 2. The van der Waals surface area contributed by atoms with Gasteiger partial charge in [-0.15, -0.1) is 0 Å². The van der Waals surface area contributed by atoms with Crippen LogP contribution in [-0.2, 0) is 0 Å². The maximum atomic E-state index is 4.35. The van der Waals surface area contributed by atoms with Crippen molar-refractivity contribution in [3.8, 4) is 0 Å². The van der Waals surface area contributed by atoms with Crippen molar-refractivity contribution in [2.75, 3.05) is 0 Å². The molecule has 0 bridgehead atoms. The van der Waals surface area contributed by atoms with Gasteiger partial charge in [-0.05, 0) is 24.3 Å². The number of fused-ring (bicyclic) bond motifs is 1. The zero-order chi connectivity index (χ0) is 11.5. The summed E-state index contributed by atoms with van der Waals surface area (Å²) in [5.74, 6) is 0.594. The Morgan fingerprint density at radius 2 is 1.94 bits per heavy atom. The maximum absolute atomic E-state index is 4.35. The number of H-pyrrole nitrogens is 1. The first-order chi connectivity index (χ1) is 8.42. The van der Waals surface area contributed by atoms with Crippen molar-refractivity contribution in [2.45, 2.75) is 0 Å². The van der Waals surface area contributed by atoms with Crippen molar-refractivity contribution in [2.24, 2.45) is 4.99 Å². The Kier molecular flexibility index (Phi) is 2.38. The fourth-order valence-electron chi connectivity index (χ4n) is 1.58. The molecule has 0 aliphatic rings. The minimum absolute atomic E-state index is 0.594. The van der Waals surface area contributed by atoms with Crippen LogP contribution in [0.3, 0.4) is 0 Å². The van der Waals surface area contributed by atoms with Gasteiger partial charge in [-0.2, -0.15) is 0 Å². The summed E-state index contributed by atoms with van der Waals surface area (Å²) >= 11 is 0. The number of aromatic nitrogens is 3. The van der Waals surface area contributed by atoms with E-state index in [1.165, 1.54) is 0 Å². The fraction of sp³-hybridized carbons (Fsp3) is 0. The third-order valence-electron chi connectivity index (χ3n) is 2.38. The molecule has 0 atom stereocenters. The smallest absolute Gasteiger partial charge is 0.227 e. The summed E-state index contributed by atoms with van der Waals surface area (Å²) in [5, 5.41) is 0. The number of nitrogens with one attached hydrogen (secondary N) is 1. The second kappa shape index (κ2) is 4.17. The average molecular weight is 222 g/mol. The normalized spacial score (nSPS) is 11.3. The van der Waals surface area contributed by atoms with Gasteiger partial charge in [0.25, 0.3) is 0 Å². The first-order valence-electron chi connectivity index (χ1n) is 5.32. The Bertz CT molecular complexity index is 622. The molecule has 3 rings (SSSR count). The van der Waals surface area contributed by atoms with Crippen LogP contribution in [0.1, 0.15) is 5.69 Å². The Balaban J connectivity index is 1.92. The summed E-state index contributed by atoms with van der Waals surface area (Å²) in [6.07, 6.45) is 3.43. The van der Waals surface area contributed by atoms with E-state index >= 15 is 0 Å². The third-order valence-corrected chi connectivity index (χ3v) is 2.38. The second-order valence-corrected chi connectivity index (χ2v) is 3.59. The van der Waals surface area contributed by atoms with Crippen molar-refractivity contribution in [3.63, 3.8) is 0 Å². The molecular weight excluding hydrogens is 212 g/mol. The first kappa shape index (κ1) is 9.72. The molecule has 0 saturated heterocycles. The topological polar surface area (TPSA) is 53.9 Å². The molecule has 4 nitrogen and oxygen atoms in total. The maximum Gasteiger partial charge on any atom is 0.227 e. The van der Waals surface area contributed by atoms with Crippen molar-refractivity contribution >= 4 is 23.2 Å². The monoisotopic (exact) mass is 222 g/mol. The molecule has 4 heteroatoms. The van der Waals surface area contributed by atoms with Crippen LogP contribution in [0.5, 0.6) is 0 Å². The van der Waals surface area contributed by atoms with Crippen LogP contribution >= 0.6 is 0 Å². The van der Waals surface area contributed by atoms with Gasteiger partial charge in [0.2, 0.25) is 5.95 Å². The highest BCUT2D eigenvalue weighted by Gasteiger charge is 1.98. The molecule has 0 aliphatic carbocycles. The molecule has 0 aliphatic heterocycles. The highest BCUT2D eigenvalue weighted by atomic mass is 15.1. The number of pyridine rings is 1. The van der Waals surface area contributed by atoms with E-state index in [2.05, 4.69) is 19.9 Å². The SMILES string of the molecule is C(=N\c1nc2ccccc2[nH]1)/c1ccccn1. The molecule has 0 amide bonds. The lowest BCUT2D eigenvalue weighted by atomic mass is 10.3. The number of imidazole rings is 1. The summed E-state index contributed by atoms with van der Waals surface area (Å²) < 4.78 is 0. The standard InChI is InChI=1S/C13H10N4/c1-2-7-12-11(6-1)16-13(17-12)15-9-10-5-3-4-8-14-10/h1-9H,(H,16,17)/b15-9+. The van der Waals surface area contributed by atoms with E-state index in [0.717, 1.165) is 16.7 Å². The van der Waals surface area contributed by atoms with Gasteiger partial charge < -0.3 is 4.98 Å². The number of hydrogen-bond acceptors (Lipinski definition) is 3. The predicted octanol–water partition coefficient (Wildman–Crippen LogP) is 2.71. The van der Waals surface area contributed by atoms with Gasteiger partial charge in [-0.3, -0.25) is 4.98 Å². The van der Waals surface area contributed by atoms with E-state index in [9.17, 15) is 0 Å². The molecule has 0 spiro atoms. The highest BCUT2D eigenvalue weighted by Crippen LogP contribution is 2.15. The van der Waals surface area contributed by atoms with E-state index in [-0.39, 0.29) is 0 Å². The van der Waals surface area contributed by atoms with Gasteiger partial charge in [0.15, 0.2) is 0 Å². The van der Waals surface area contributed by atoms with E-state index in [4.69, 9.17) is 0 Å². The van der Waals surface area contributed by atoms with Gasteiger partial charge >= 0.3 is 0 Å². The number of nitrogens with zero attached hydrogens (tertiary/aromatic N) is 3. The zero-order valence-corrected chi connectivity index (χ0v) is 9.04.